The van der Waals surface area contributed by atoms with Gasteiger partial charge in [0.25, 0.3) is 0 Å². The lowest BCUT2D eigenvalue weighted by molar-refractivity contribution is -0.121. The Kier molecular flexibility index (Phi) is 7.55. The van der Waals surface area contributed by atoms with Crippen molar-refractivity contribution in [2.45, 2.75) is 38.6 Å². The fourth-order valence-corrected chi connectivity index (χ4v) is 3.13. The first-order valence-corrected chi connectivity index (χ1v) is 8.89. The Morgan fingerprint density at radius 3 is 3.00 bits per heavy atom. The SMILES string of the molecule is CCN1CCC[C@H]1CNC(=O)CCCOc1ccc(C#N)cc1OC. The summed E-state index contributed by atoms with van der Waals surface area (Å²) in [7, 11) is 1.54. The standard InChI is InChI=1S/C19H27N3O3/c1-3-22-10-4-6-16(22)14-21-19(23)7-5-11-25-17-9-8-15(13-20)12-18(17)24-2/h8-9,12,16H,3-7,10-11,14H2,1-2H3,(H,21,23)/t16-/m0/s1. The summed E-state index contributed by atoms with van der Waals surface area (Å²) >= 11 is 0. The number of nitriles is 1. The predicted molar refractivity (Wildman–Crippen MR) is 95.7 cm³/mol. The van der Waals surface area contributed by atoms with E-state index in [4.69, 9.17) is 14.7 Å². The maximum Gasteiger partial charge on any atom is 0.220 e. The average molecular weight is 345 g/mol. The van der Waals surface area contributed by atoms with Gasteiger partial charge in [0.1, 0.15) is 0 Å². The van der Waals surface area contributed by atoms with Crippen molar-refractivity contribution >= 4 is 5.91 Å². The number of nitrogens with zero attached hydrogens (tertiary/aromatic N) is 2. The van der Waals surface area contributed by atoms with Crippen LogP contribution < -0.4 is 14.8 Å². The smallest absolute Gasteiger partial charge is 0.220 e. The summed E-state index contributed by atoms with van der Waals surface area (Å²) in [4.78, 5) is 14.4. The molecule has 1 saturated heterocycles. The van der Waals surface area contributed by atoms with Crippen LogP contribution in [0, 0.1) is 11.3 Å². The normalized spacial score (nSPS) is 17.1. The molecule has 6 heteroatoms. The lowest BCUT2D eigenvalue weighted by Gasteiger charge is -2.22. The van der Waals surface area contributed by atoms with E-state index in [1.54, 1.807) is 25.3 Å². The van der Waals surface area contributed by atoms with Crippen molar-refractivity contribution in [3.8, 4) is 17.6 Å². The van der Waals surface area contributed by atoms with Crippen molar-refractivity contribution in [2.75, 3.05) is 33.4 Å². The topological polar surface area (TPSA) is 74.6 Å². The van der Waals surface area contributed by atoms with Crippen LogP contribution in [0.5, 0.6) is 11.5 Å². The first-order valence-electron chi connectivity index (χ1n) is 8.89. The number of hydrogen-bond acceptors (Lipinski definition) is 5. The Bertz CT molecular complexity index is 612. The molecule has 0 aromatic heterocycles. The van der Waals surface area contributed by atoms with Gasteiger partial charge in [0.05, 0.1) is 25.3 Å². The molecular weight excluding hydrogens is 318 g/mol. The molecule has 1 atom stereocenters. The molecule has 2 rings (SSSR count). The van der Waals surface area contributed by atoms with Gasteiger partial charge in [0.2, 0.25) is 5.91 Å². The zero-order valence-corrected chi connectivity index (χ0v) is 15.1. The van der Waals surface area contributed by atoms with Crippen LogP contribution in [0.1, 0.15) is 38.2 Å². The molecule has 1 aliphatic rings. The zero-order valence-electron chi connectivity index (χ0n) is 15.1. The van der Waals surface area contributed by atoms with Crippen LogP contribution in [0.4, 0.5) is 0 Å². The minimum Gasteiger partial charge on any atom is -0.493 e. The van der Waals surface area contributed by atoms with E-state index in [0.29, 0.717) is 42.6 Å². The molecule has 0 radical (unpaired) electrons. The van der Waals surface area contributed by atoms with Crippen LogP contribution in [0.3, 0.4) is 0 Å². The quantitative estimate of drug-likeness (QED) is 0.695. The largest absolute Gasteiger partial charge is 0.493 e. The number of likely N-dealkylation sites (N-methyl/N-ethyl adjacent to an activating group) is 1. The third-order valence-corrected chi connectivity index (χ3v) is 4.54. The summed E-state index contributed by atoms with van der Waals surface area (Å²) in [6.07, 6.45) is 3.46. The molecule has 1 N–H and O–H groups in total. The summed E-state index contributed by atoms with van der Waals surface area (Å²) in [5.41, 5.74) is 0.525. The van der Waals surface area contributed by atoms with E-state index in [-0.39, 0.29) is 5.91 Å². The molecule has 1 amide bonds. The Morgan fingerprint density at radius 2 is 2.28 bits per heavy atom. The molecule has 6 nitrogen and oxygen atoms in total. The highest BCUT2D eigenvalue weighted by Crippen LogP contribution is 2.27. The molecule has 0 saturated carbocycles. The Labute approximate surface area is 149 Å². The highest BCUT2D eigenvalue weighted by Gasteiger charge is 2.22. The summed E-state index contributed by atoms with van der Waals surface area (Å²) in [6, 6.07) is 7.59. The Morgan fingerprint density at radius 1 is 1.44 bits per heavy atom. The van der Waals surface area contributed by atoms with E-state index >= 15 is 0 Å². The maximum absolute atomic E-state index is 12.0. The maximum atomic E-state index is 12.0. The third-order valence-electron chi connectivity index (χ3n) is 4.54. The van der Waals surface area contributed by atoms with Crippen LogP contribution in [-0.2, 0) is 4.79 Å². The summed E-state index contributed by atoms with van der Waals surface area (Å²) < 4.78 is 10.9. The zero-order chi connectivity index (χ0) is 18.1. The molecule has 25 heavy (non-hydrogen) atoms. The van der Waals surface area contributed by atoms with Gasteiger partial charge in [-0.1, -0.05) is 6.92 Å². The number of carbonyl (C=O) groups excluding carboxylic acids is 1. The molecule has 0 spiro atoms. The number of rotatable bonds is 9. The molecule has 1 aliphatic heterocycles. The van der Waals surface area contributed by atoms with E-state index in [1.165, 1.54) is 6.42 Å². The highest BCUT2D eigenvalue weighted by molar-refractivity contribution is 5.75. The number of carbonyl (C=O) groups is 1. The second-order valence-electron chi connectivity index (χ2n) is 6.16. The highest BCUT2D eigenvalue weighted by atomic mass is 16.5. The van der Waals surface area contributed by atoms with Gasteiger partial charge in [-0.15, -0.1) is 0 Å². The number of hydrogen-bond donors (Lipinski definition) is 1. The van der Waals surface area contributed by atoms with Crippen molar-refractivity contribution in [3.05, 3.63) is 23.8 Å². The minimum atomic E-state index is 0.0679. The number of amides is 1. The lowest BCUT2D eigenvalue weighted by atomic mass is 10.2. The van der Waals surface area contributed by atoms with Gasteiger partial charge in [-0.05, 0) is 44.5 Å². The van der Waals surface area contributed by atoms with Crippen LogP contribution >= 0.6 is 0 Å². The van der Waals surface area contributed by atoms with E-state index in [2.05, 4.69) is 23.2 Å². The number of ether oxygens (including phenoxy) is 2. The van der Waals surface area contributed by atoms with Crippen molar-refractivity contribution in [3.63, 3.8) is 0 Å². The second kappa shape index (κ2) is 9.90. The van der Waals surface area contributed by atoms with Crippen molar-refractivity contribution in [1.82, 2.24) is 10.2 Å². The third kappa shape index (κ3) is 5.64. The molecule has 1 fully saturated rings. The predicted octanol–water partition coefficient (Wildman–Crippen LogP) is 2.33. The van der Waals surface area contributed by atoms with Crippen LogP contribution in [-0.4, -0.2) is 50.2 Å². The molecule has 0 unspecified atom stereocenters. The van der Waals surface area contributed by atoms with E-state index in [1.807, 2.05) is 0 Å². The first-order chi connectivity index (χ1) is 12.2. The summed E-state index contributed by atoms with van der Waals surface area (Å²) in [6.45, 7) is 5.50. The summed E-state index contributed by atoms with van der Waals surface area (Å²) in [5.74, 6) is 1.19. The van der Waals surface area contributed by atoms with Gasteiger partial charge < -0.3 is 14.8 Å². The molecule has 136 valence electrons. The second-order valence-corrected chi connectivity index (χ2v) is 6.16. The Balaban J connectivity index is 1.67. The van der Waals surface area contributed by atoms with Crippen molar-refractivity contribution < 1.29 is 14.3 Å². The van der Waals surface area contributed by atoms with E-state index in [0.717, 1.165) is 26.1 Å². The van der Waals surface area contributed by atoms with Gasteiger partial charge in [-0.2, -0.15) is 5.26 Å². The molecule has 1 heterocycles. The molecular formula is C19H27N3O3. The number of methoxy groups -OCH3 is 1. The minimum absolute atomic E-state index is 0.0679. The van der Waals surface area contributed by atoms with Crippen molar-refractivity contribution in [2.24, 2.45) is 0 Å². The number of likely N-dealkylation sites (tertiary alicyclic amines) is 1. The van der Waals surface area contributed by atoms with Gasteiger partial charge in [0, 0.05) is 25.1 Å². The monoisotopic (exact) mass is 345 g/mol. The van der Waals surface area contributed by atoms with Crippen LogP contribution in [0.2, 0.25) is 0 Å². The van der Waals surface area contributed by atoms with Crippen LogP contribution in [0.15, 0.2) is 18.2 Å². The van der Waals surface area contributed by atoms with Crippen molar-refractivity contribution in [1.29, 1.82) is 5.26 Å². The Hall–Kier alpha value is -2.26. The fourth-order valence-electron chi connectivity index (χ4n) is 3.13. The van der Waals surface area contributed by atoms with E-state index < -0.39 is 0 Å². The molecule has 0 bridgehead atoms. The molecule has 1 aromatic rings. The van der Waals surface area contributed by atoms with Gasteiger partial charge >= 0.3 is 0 Å². The molecule has 1 aromatic carbocycles. The van der Waals surface area contributed by atoms with Gasteiger partial charge in [-0.3, -0.25) is 9.69 Å². The van der Waals surface area contributed by atoms with Gasteiger partial charge in [-0.25, -0.2) is 0 Å². The first kappa shape index (κ1) is 19.1. The van der Waals surface area contributed by atoms with Crippen LogP contribution in [0.25, 0.3) is 0 Å². The lowest BCUT2D eigenvalue weighted by Crippen LogP contribution is -2.40. The molecule has 0 aliphatic carbocycles. The van der Waals surface area contributed by atoms with Gasteiger partial charge in [0.15, 0.2) is 11.5 Å². The summed E-state index contributed by atoms with van der Waals surface area (Å²) in [5, 5.41) is 11.9. The fraction of sp³-hybridized carbons (Fsp3) is 0.579. The number of benzene rings is 1. The average Bonchev–Trinajstić information content (AvgIpc) is 3.11. The van der Waals surface area contributed by atoms with E-state index in [9.17, 15) is 4.79 Å². The number of nitrogens with one attached hydrogen (secondary N) is 1.